The summed E-state index contributed by atoms with van der Waals surface area (Å²) in [6.45, 7) is 4.39. The Morgan fingerprint density at radius 2 is 1.76 bits per heavy atom. The van der Waals surface area contributed by atoms with E-state index in [-0.39, 0.29) is 11.0 Å². The van der Waals surface area contributed by atoms with Gasteiger partial charge in [-0.15, -0.1) is 0 Å². The zero-order valence-corrected chi connectivity index (χ0v) is 15.1. The standard InChI is InChI=1S/C19H21NO4S/c1-13-5-8-15(9-6-13)25(22,23)20-19(21)17-12-14(2)7-10-16(17)18-4-3-11-24-18/h5-10,12,18H,3-4,11H2,1-2H3,(H,20,21)/t18-/m1/s1. The number of rotatable bonds is 4. The van der Waals surface area contributed by atoms with Crippen LogP contribution in [0.1, 0.15) is 46.0 Å². The zero-order chi connectivity index (χ0) is 18.0. The number of benzene rings is 2. The van der Waals surface area contributed by atoms with E-state index in [1.165, 1.54) is 12.1 Å². The Kier molecular flexibility index (Phi) is 4.92. The van der Waals surface area contributed by atoms with Crippen LogP contribution in [-0.4, -0.2) is 20.9 Å². The lowest BCUT2D eigenvalue weighted by Gasteiger charge is -2.16. The number of sulfonamides is 1. The van der Waals surface area contributed by atoms with E-state index in [4.69, 9.17) is 4.74 Å². The van der Waals surface area contributed by atoms with Crippen LogP contribution < -0.4 is 4.72 Å². The fourth-order valence-electron chi connectivity index (χ4n) is 2.92. The SMILES string of the molecule is Cc1ccc(S(=O)(=O)NC(=O)c2cc(C)ccc2[C@H]2CCCO2)cc1. The summed E-state index contributed by atoms with van der Waals surface area (Å²) < 4.78 is 32.8. The van der Waals surface area contributed by atoms with Crippen LogP contribution in [0, 0.1) is 13.8 Å². The summed E-state index contributed by atoms with van der Waals surface area (Å²) in [6, 6.07) is 11.8. The summed E-state index contributed by atoms with van der Waals surface area (Å²) >= 11 is 0. The summed E-state index contributed by atoms with van der Waals surface area (Å²) in [7, 11) is -3.92. The van der Waals surface area contributed by atoms with E-state index in [1.54, 1.807) is 18.2 Å². The van der Waals surface area contributed by atoms with Crippen molar-refractivity contribution in [3.05, 3.63) is 64.7 Å². The third-order valence-corrected chi connectivity index (χ3v) is 5.64. The van der Waals surface area contributed by atoms with Crippen LogP contribution in [0.25, 0.3) is 0 Å². The van der Waals surface area contributed by atoms with Crippen molar-refractivity contribution in [1.82, 2.24) is 4.72 Å². The predicted molar refractivity (Wildman–Crippen MR) is 94.9 cm³/mol. The second kappa shape index (κ2) is 6.98. The van der Waals surface area contributed by atoms with Gasteiger partial charge in [-0.05, 0) is 50.5 Å². The highest BCUT2D eigenvalue weighted by atomic mass is 32.2. The molecule has 1 fully saturated rings. The summed E-state index contributed by atoms with van der Waals surface area (Å²) in [5.74, 6) is -0.630. The molecule has 1 atom stereocenters. The van der Waals surface area contributed by atoms with E-state index in [9.17, 15) is 13.2 Å². The van der Waals surface area contributed by atoms with Gasteiger partial charge in [-0.2, -0.15) is 0 Å². The molecule has 2 aromatic rings. The lowest BCUT2D eigenvalue weighted by Crippen LogP contribution is -2.31. The smallest absolute Gasteiger partial charge is 0.265 e. The average molecular weight is 359 g/mol. The van der Waals surface area contributed by atoms with Crippen molar-refractivity contribution in [3.8, 4) is 0 Å². The number of carbonyl (C=O) groups excluding carboxylic acids is 1. The van der Waals surface area contributed by atoms with Crippen LogP contribution in [0.4, 0.5) is 0 Å². The largest absolute Gasteiger partial charge is 0.374 e. The molecule has 0 saturated carbocycles. The first-order chi connectivity index (χ1) is 11.9. The lowest BCUT2D eigenvalue weighted by molar-refractivity contribution is 0.0952. The molecule has 0 aliphatic carbocycles. The number of carbonyl (C=O) groups is 1. The lowest BCUT2D eigenvalue weighted by atomic mass is 9.98. The van der Waals surface area contributed by atoms with E-state index >= 15 is 0 Å². The van der Waals surface area contributed by atoms with Gasteiger partial charge in [-0.3, -0.25) is 4.79 Å². The van der Waals surface area contributed by atoms with Gasteiger partial charge in [0.15, 0.2) is 0 Å². The van der Waals surface area contributed by atoms with E-state index in [0.717, 1.165) is 29.5 Å². The Hall–Kier alpha value is -2.18. The molecule has 25 heavy (non-hydrogen) atoms. The van der Waals surface area contributed by atoms with Gasteiger partial charge in [0.2, 0.25) is 0 Å². The van der Waals surface area contributed by atoms with Gasteiger partial charge in [0.05, 0.1) is 11.0 Å². The molecule has 0 aromatic heterocycles. The normalized spacial score (nSPS) is 17.4. The van der Waals surface area contributed by atoms with Crippen LogP contribution in [-0.2, 0) is 14.8 Å². The molecule has 1 N–H and O–H groups in total. The van der Waals surface area contributed by atoms with Crippen molar-refractivity contribution >= 4 is 15.9 Å². The molecule has 1 heterocycles. The summed E-state index contributed by atoms with van der Waals surface area (Å²) in [5, 5.41) is 0. The van der Waals surface area contributed by atoms with E-state index in [2.05, 4.69) is 4.72 Å². The fourth-order valence-corrected chi connectivity index (χ4v) is 3.89. The van der Waals surface area contributed by atoms with E-state index < -0.39 is 15.9 Å². The topological polar surface area (TPSA) is 72.5 Å². The molecular weight excluding hydrogens is 338 g/mol. The van der Waals surface area contributed by atoms with Crippen molar-refractivity contribution in [2.24, 2.45) is 0 Å². The molecular formula is C19H21NO4S. The molecule has 1 amide bonds. The molecule has 0 radical (unpaired) electrons. The molecule has 0 bridgehead atoms. The third-order valence-electron chi connectivity index (χ3n) is 4.29. The summed E-state index contributed by atoms with van der Waals surface area (Å²) in [4.78, 5) is 12.8. The van der Waals surface area contributed by atoms with Gasteiger partial charge in [-0.1, -0.05) is 35.4 Å². The number of hydrogen-bond acceptors (Lipinski definition) is 4. The maximum Gasteiger partial charge on any atom is 0.265 e. The first-order valence-electron chi connectivity index (χ1n) is 8.23. The number of aryl methyl sites for hydroxylation is 2. The second-order valence-electron chi connectivity index (χ2n) is 6.34. The molecule has 1 aliphatic heterocycles. The number of nitrogens with one attached hydrogen (secondary N) is 1. The Balaban J connectivity index is 1.90. The Morgan fingerprint density at radius 1 is 1.08 bits per heavy atom. The average Bonchev–Trinajstić information content (AvgIpc) is 3.09. The van der Waals surface area contributed by atoms with Crippen LogP contribution in [0.3, 0.4) is 0 Å². The van der Waals surface area contributed by atoms with Crippen LogP contribution in [0.15, 0.2) is 47.4 Å². The highest BCUT2D eigenvalue weighted by Gasteiger charge is 2.26. The fraction of sp³-hybridized carbons (Fsp3) is 0.316. The Bertz CT molecular complexity index is 882. The molecule has 1 aliphatic rings. The molecule has 0 unspecified atom stereocenters. The van der Waals surface area contributed by atoms with Gasteiger partial charge in [0, 0.05) is 12.2 Å². The molecule has 6 heteroatoms. The first-order valence-corrected chi connectivity index (χ1v) is 9.71. The monoisotopic (exact) mass is 359 g/mol. The van der Waals surface area contributed by atoms with E-state index in [0.29, 0.717) is 12.2 Å². The maximum atomic E-state index is 12.7. The van der Waals surface area contributed by atoms with Gasteiger partial charge in [0.25, 0.3) is 15.9 Å². The van der Waals surface area contributed by atoms with Gasteiger partial charge in [0.1, 0.15) is 0 Å². The second-order valence-corrected chi connectivity index (χ2v) is 8.02. The predicted octanol–water partition coefficient (Wildman–Crippen LogP) is 3.27. The van der Waals surface area contributed by atoms with Crippen molar-refractivity contribution in [1.29, 1.82) is 0 Å². The van der Waals surface area contributed by atoms with Crippen LogP contribution >= 0.6 is 0 Å². The van der Waals surface area contributed by atoms with Crippen molar-refractivity contribution < 1.29 is 17.9 Å². The van der Waals surface area contributed by atoms with Crippen molar-refractivity contribution in [3.63, 3.8) is 0 Å². The van der Waals surface area contributed by atoms with Crippen molar-refractivity contribution in [2.75, 3.05) is 6.61 Å². The minimum absolute atomic E-state index is 0.0674. The minimum atomic E-state index is -3.92. The molecule has 1 saturated heterocycles. The number of ether oxygens (including phenoxy) is 1. The molecule has 0 spiro atoms. The van der Waals surface area contributed by atoms with Gasteiger partial charge < -0.3 is 4.74 Å². The van der Waals surface area contributed by atoms with Crippen molar-refractivity contribution in [2.45, 2.75) is 37.7 Å². The highest BCUT2D eigenvalue weighted by molar-refractivity contribution is 7.90. The Morgan fingerprint density at radius 3 is 2.40 bits per heavy atom. The van der Waals surface area contributed by atoms with E-state index in [1.807, 2.05) is 26.0 Å². The minimum Gasteiger partial charge on any atom is -0.374 e. The maximum absolute atomic E-state index is 12.7. The molecule has 5 nitrogen and oxygen atoms in total. The number of amides is 1. The summed E-state index contributed by atoms with van der Waals surface area (Å²) in [6.07, 6.45) is 1.60. The molecule has 2 aromatic carbocycles. The molecule has 3 rings (SSSR count). The third kappa shape index (κ3) is 3.91. The quantitative estimate of drug-likeness (QED) is 0.909. The van der Waals surface area contributed by atoms with Crippen LogP contribution in [0.2, 0.25) is 0 Å². The Labute approximate surface area is 148 Å². The van der Waals surface area contributed by atoms with Gasteiger partial charge >= 0.3 is 0 Å². The number of hydrogen-bond donors (Lipinski definition) is 1. The van der Waals surface area contributed by atoms with Crippen LogP contribution in [0.5, 0.6) is 0 Å². The van der Waals surface area contributed by atoms with Gasteiger partial charge in [-0.25, -0.2) is 13.1 Å². The first kappa shape index (κ1) is 17.6. The zero-order valence-electron chi connectivity index (χ0n) is 14.3. The highest BCUT2D eigenvalue weighted by Crippen LogP contribution is 2.31. The summed E-state index contributed by atoms with van der Waals surface area (Å²) in [5.41, 5.74) is 2.92. The molecule has 132 valence electrons.